The summed E-state index contributed by atoms with van der Waals surface area (Å²) in [6.07, 6.45) is 1.50. The zero-order valence-corrected chi connectivity index (χ0v) is 9.04. The molecule has 0 fully saturated rings. The summed E-state index contributed by atoms with van der Waals surface area (Å²) >= 11 is 0. The molecular weight excluding hydrogens is 228 g/mol. The molecule has 2 aromatic heterocycles. The highest BCUT2D eigenvalue weighted by Crippen LogP contribution is 2.20. The zero-order chi connectivity index (χ0) is 12.3. The average molecular weight is 238 g/mol. The summed E-state index contributed by atoms with van der Waals surface area (Å²) in [6.45, 7) is 1.37. The van der Waals surface area contributed by atoms with E-state index < -0.39 is 12.6 Å². The van der Waals surface area contributed by atoms with Crippen molar-refractivity contribution in [1.82, 2.24) is 10.2 Å². The minimum Gasteiger partial charge on any atom is -0.480 e. The molecule has 2 aromatic rings. The molecule has 0 aromatic carbocycles. The summed E-state index contributed by atoms with van der Waals surface area (Å²) in [5.41, 5.74) is 0.680. The Bertz CT molecular complexity index is 516. The molecule has 0 aliphatic heterocycles. The molecule has 2 heterocycles. The van der Waals surface area contributed by atoms with Gasteiger partial charge in [0.25, 0.3) is 5.89 Å². The maximum Gasteiger partial charge on any atom is 0.329 e. The fraction of sp³-hybridized carbons (Fsp3) is 0.300. The van der Waals surface area contributed by atoms with Crippen LogP contribution in [0, 0.1) is 6.92 Å². The van der Waals surface area contributed by atoms with Crippen LogP contribution in [0.15, 0.2) is 21.2 Å². The molecule has 0 amide bonds. The highest BCUT2D eigenvalue weighted by atomic mass is 16.5. The van der Waals surface area contributed by atoms with Crippen molar-refractivity contribution < 1.29 is 23.5 Å². The molecule has 0 atom stereocenters. The lowest BCUT2D eigenvalue weighted by atomic mass is 10.3. The van der Waals surface area contributed by atoms with Crippen LogP contribution in [0.25, 0.3) is 11.5 Å². The Morgan fingerprint density at radius 1 is 1.53 bits per heavy atom. The fourth-order valence-electron chi connectivity index (χ4n) is 1.21. The second-order valence-corrected chi connectivity index (χ2v) is 3.33. The summed E-state index contributed by atoms with van der Waals surface area (Å²) in [5.74, 6) is 0.230. The van der Waals surface area contributed by atoms with E-state index in [2.05, 4.69) is 10.2 Å². The van der Waals surface area contributed by atoms with Gasteiger partial charge in [-0.15, -0.1) is 10.2 Å². The van der Waals surface area contributed by atoms with E-state index in [0.717, 1.165) is 5.76 Å². The third-order valence-electron chi connectivity index (χ3n) is 1.90. The summed E-state index contributed by atoms with van der Waals surface area (Å²) in [4.78, 5) is 10.2. The molecule has 0 radical (unpaired) electrons. The van der Waals surface area contributed by atoms with E-state index in [9.17, 15) is 4.79 Å². The van der Waals surface area contributed by atoms with Crippen molar-refractivity contribution in [2.45, 2.75) is 13.5 Å². The number of hydrogen-bond acceptors (Lipinski definition) is 6. The topological polar surface area (TPSA) is 98.6 Å². The Morgan fingerprint density at radius 3 is 3.00 bits per heavy atom. The van der Waals surface area contributed by atoms with Gasteiger partial charge in [0.05, 0.1) is 5.56 Å². The summed E-state index contributed by atoms with van der Waals surface area (Å²) in [7, 11) is 0. The van der Waals surface area contributed by atoms with Crippen LogP contribution in [-0.2, 0) is 16.1 Å². The van der Waals surface area contributed by atoms with Gasteiger partial charge in [-0.2, -0.15) is 0 Å². The quantitative estimate of drug-likeness (QED) is 0.836. The van der Waals surface area contributed by atoms with Crippen LogP contribution in [0.4, 0.5) is 0 Å². The molecule has 0 saturated heterocycles. The van der Waals surface area contributed by atoms with E-state index in [1.807, 2.05) is 0 Å². The Balaban J connectivity index is 1.98. The van der Waals surface area contributed by atoms with Gasteiger partial charge in [-0.3, -0.25) is 0 Å². The number of hydrogen-bond donors (Lipinski definition) is 1. The normalized spacial score (nSPS) is 10.6. The molecular formula is C10H10N2O5. The largest absolute Gasteiger partial charge is 0.480 e. The SMILES string of the molecule is Cc1cc(-c2nnc(COCC(=O)O)o2)co1. The number of aliphatic carboxylic acids is 1. The van der Waals surface area contributed by atoms with Gasteiger partial charge in [-0.1, -0.05) is 0 Å². The third-order valence-corrected chi connectivity index (χ3v) is 1.90. The van der Waals surface area contributed by atoms with Crippen LogP contribution in [0.2, 0.25) is 0 Å². The molecule has 0 unspecified atom stereocenters. The third kappa shape index (κ3) is 2.91. The molecule has 7 heteroatoms. The van der Waals surface area contributed by atoms with E-state index in [-0.39, 0.29) is 12.5 Å². The van der Waals surface area contributed by atoms with Crippen molar-refractivity contribution >= 4 is 5.97 Å². The zero-order valence-electron chi connectivity index (χ0n) is 9.04. The smallest absolute Gasteiger partial charge is 0.329 e. The molecule has 1 N–H and O–H groups in total. The van der Waals surface area contributed by atoms with Crippen LogP contribution < -0.4 is 0 Å². The van der Waals surface area contributed by atoms with Crippen molar-refractivity contribution in [2.24, 2.45) is 0 Å². The Kier molecular flexibility index (Phi) is 3.20. The number of furan rings is 1. The molecule has 2 rings (SSSR count). The first-order chi connectivity index (χ1) is 8.15. The van der Waals surface area contributed by atoms with Crippen molar-refractivity contribution in [1.29, 1.82) is 0 Å². The summed E-state index contributed by atoms with van der Waals surface area (Å²) in [5, 5.41) is 15.9. The number of carboxylic acids is 1. The second-order valence-electron chi connectivity index (χ2n) is 3.33. The van der Waals surface area contributed by atoms with E-state index in [1.165, 1.54) is 6.26 Å². The predicted octanol–water partition coefficient (Wildman–Crippen LogP) is 1.24. The van der Waals surface area contributed by atoms with Gasteiger partial charge in [0, 0.05) is 0 Å². The fourth-order valence-corrected chi connectivity index (χ4v) is 1.21. The number of ether oxygens (including phenoxy) is 1. The van der Waals surface area contributed by atoms with E-state index >= 15 is 0 Å². The van der Waals surface area contributed by atoms with Crippen molar-refractivity contribution in [3.8, 4) is 11.5 Å². The molecule has 0 saturated carbocycles. The van der Waals surface area contributed by atoms with Gasteiger partial charge in [0.15, 0.2) is 0 Å². The molecule has 90 valence electrons. The minimum atomic E-state index is -1.05. The number of carbonyl (C=O) groups is 1. The molecule has 0 aliphatic rings. The maximum absolute atomic E-state index is 10.2. The molecule has 17 heavy (non-hydrogen) atoms. The number of carboxylic acid groups (broad SMARTS) is 1. The lowest BCUT2D eigenvalue weighted by Crippen LogP contribution is -2.06. The lowest BCUT2D eigenvalue weighted by Gasteiger charge is -1.94. The van der Waals surface area contributed by atoms with Gasteiger partial charge < -0.3 is 18.7 Å². The highest BCUT2D eigenvalue weighted by molar-refractivity contribution is 5.67. The highest BCUT2D eigenvalue weighted by Gasteiger charge is 2.11. The maximum atomic E-state index is 10.2. The number of aromatic nitrogens is 2. The van der Waals surface area contributed by atoms with Crippen molar-refractivity contribution in [3.05, 3.63) is 24.0 Å². The van der Waals surface area contributed by atoms with E-state index in [1.54, 1.807) is 13.0 Å². The lowest BCUT2D eigenvalue weighted by molar-refractivity contribution is -0.142. The molecule has 0 bridgehead atoms. The first-order valence-electron chi connectivity index (χ1n) is 4.82. The predicted molar refractivity (Wildman–Crippen MR) is 54.0 cm³/mol. The number of aryl methyl sites for hydroxylation is 1. The molecule has 7 nitrogen and oxygen atoms in total. The Labute approximate surface area is 96.0 Å². The van der Waals surface area contributed by atoms with Crippen molar-refractivity contribution in [2.75, 3.05) is 6.61 Å². The van der Waals surface area contributed by atoms with Crippen LogP contribution in [-0.4, -0.2) is 27.9 Å². The second kappa shape index (κ2) is 4.79. The first kappa shape index (κ1) is 11.3. The van der Waals surface area contributed by atoms with Gasteiger partial charge in [-0.05, 0) is 13.0 Å². The Morgan fingerprint density at radius 2 is 2.35 bits per heavy atom. The Hall–Kier alpha value is -2.15. The number of nitrogens with zero attached hydrogens (tertiary/aromatic N) is 2. The van der Waals surface area contributed by atoms with Gasteiger partial charge in [0.2, 0.25) is 5.89 Å². The van der Waals surface area contributed by atoms with Crippen LogP contribution in [0.3, 0.4) is 0 Å². The average Bonchev–Trinajstić information content (AvgIpc) is 2.86. The van der Waals surface area contributed by atoms with E-state index in [4.69, 9.17) is 18.7 Å². The van der Waals surface area contributed by atoms with Gasteiger partial charge in [-0.25, -0.2) is 4.79 Å². The molecule has 0 spiro atoms. The van der Waals surface area contributed by atoms with Crippen LogP contribution in [0.1, 0.15) is 11.7 Å². The van der Waals surface area contributed by atoms with Crippen LogP contribution in [0.5, 0.6) is 0 Å². The molecule has 0 aliphatic carbocycles. The van der Waals surface area contributed by atoms with Gasteiger partial charge >= 0.3 is 5.97 Å². The standard InChI is InChI=1S/C10H10N2O5/c1-6-2-7(3-16-6)10-12-11-8(17-10)4-15-5-9(13)14/h2-3H,4-5H2,1H3,(H,13,14). The van der Waals surface area contributed by atoms with Crippen LogP contribution >= 0.6 is 0 Å². The number of rotatable bonds is 5. The first-order valence-corrected chi connectivity index (χ1v) is 4.82. The van der Waals surface area contributed by atoms with Crippen molar-refractivity contribution in [3.63, 3.8) is 0 Å². The summed E-state index contributed by atoms with van der Waals surface area (Å²) in [6, 6.07) is 1.76. The van der Waals surface area contributed by atoms with Gasteiger partial charge in [0.1, 0.15) is 25.2 Å². The minimum absolute atomic E-state index is 0.0316. The monoisotopic (exact) mass is 238 g/mol. The van der Waals surface area contributed by atoms with E-state index in [0.29, 0.717) is 11.5 Å². The summed E-state index contributed by atoms with van der Waals surface area (Å²) < 4.78 is 15.2.